The molecule has 164 valence electrons. The first kappa shape index (κ1) is 21.7. The van der Waals surface area contributed by atoms with Gasteiger partial charge in [-0.1, -0.05) is 30.0 Å². The van der Waals surface area contributed by atoms with Crippen LogP contribution in [-0.4, -0.2) is 68.3 Å². The summed E-state index contributed by atoms with van der Waals surface area (Å²) in [7, 11) is 0. The lowest BCUT2D eigenvalue weighted by Crippen LogP contribution is -2.50. The van der Waals surface area contributed by atoms with E-state index in [1.54, 1.807) is 22.7 Å². The highest BCUT2D eigenvalue weighted by Gasteiger charge is 2.23. The Morgan fingerprint density at radius 3 is 3.03 bits per heavy atom. The van der Waals surface area contributed by atoms with E-state index in [-0.39, 0.29) is 11.9 Å². The lowest BCUT2D eigenvalue weighted by Gasteiger charge is -2.34. The first-order chi connectivity index (χ1) is 15.0. The molecule has 1 fully saturated rings. The predicted molar refractivity (Wildman–Crippen MR) is 120 cm³/mol. The topological polar surface area (TPSA) is 76.8 Å². The minimum absolute atomic E-state index is 0.172. The normalized spacial score (nSPS) is 16.5. The van der Waals surface area contributed by atoms with E-state index in [0.29, 0.717) is 60.3 Å². The smallest absolute Gasteiger partial charge is 0.256 e. The summed E-state index contributed by atoms with van der Waals surface area (Å²) >= 11 is 6.95. The van der Waals surface area contributed by atoms with Crippen LogP contribution < -0.4 is 10.1 Å². The van der Waals surface area contributed by atoms with E-state index >= 15 is 0 Å². The van der Waals surface area contributed by atoms with Crippen LogP contribution in [0.1, 0.15) is 11.3 Å². The maximum absolute atomic E-state index is 13.8. The van der Waals surface area contributed by atoms with Crippen molar-refractivity contribution in [2.75, 3.05) is 32.6 Å². The maximum Gasteiger partial charge on any atom is 0.256 e. The molecule has 0 bridgehead atoms. The molecule has 3 aromatic rings. The van der Waals surface area contributed by atoms with Gasteiger partial charge in [0.15, 0.2) is 5.11 Å². The van der Waals surface area contributed by atoms with Gasteiger partial charge in [0, 0.05) is 37.0 Å². The number of thiocarbonyl (C=S) groups is 1. The van der Waals surface area contributed by atoms with Crippen molar-refractivity contribution in [3.8, 4) is 5.88 Å². The monoisotopic (exact) mass is 462 g/mol. The van der Waals surface area contributed by atoms with Crippen molar-refractivity contribution in [1.29, 1.82) is 0 Å². The van der Waals surface area contributed by atoms with Gasteiger partial charge in [0.1, 0.15) is 18.5 Å². The Morgan fingerprint density at radius 2 is 2.23 bits per heavy atom. The molecule has 8 nitrogen and oxygen atoms in total. The number of fused-ring (bicyclic) bond motifs is 1. The molecule has 0 spiro atoms. The second kappa shape index (κ2) is 9.75. The molecule has 11 heteroatoms. The van der Waals surface area contributed by atoms with Crippen LogP contribution >= 0.6 is 24.0 Å². The van der Waals surface area contributed by atoms with Crippen molar-refractivity contribution in [2.45, 2.75) is 24.7 Å². The number of ether oxygens (including phenoxy) is 2. The molecule has 1 aliphatic heterocycles. The molecule has 1 aromatic carbocycles. The summed E-state index contributed by atoms with van der Waals surface area (Å²) in [6, 6.07) is 8.48. The molecule has 0 amide bonds. The Hall–Kier alpha value is -2.50. The molecule has 3 heterocycles. The van der Waals surface area contributed by atoms with Crippen LogP contribution in [0.25, 0.3) is 5.78 Å². The Kier molecular flexibility index (Phi) is 6.83. The molecule has 4 rings (SSSR count). The Balaban J connectivity index is 1.35. The van der Waals surface area contributed by atoms with E-state index in [0.717, 1.165) is 5.69 Å². The molecule has 1 N–H and O–H groups in total. The fourth-order valence-electron chi connectivity index (χ4n) is 3.23. The van der Waals surface area contributed by atoms with Crippen molar-refractivity contribution in [1.82, 2.24) is 29.8 Å². The highest BCUT2D eigenvalue weighted by Crippen LogP contribution is 2.18. The van der Waals surface area contributed by atoms with Crippen LogP contribution in [0.2, 0.25) is 0 Å². The number of halogens is 1. The highest BCUT2D eigenvalue weighted by atomic mass is 32.2. The average molecular weight is 463 g/mol. The third-order valence-corrected chi connectivity index (χ3v) is 5.74. The summed E-state index contributed by atoms with van der Waals surface area (Å²) in [4.78, 5) is 10.8. The number of rotatable bonds is 6. The van der Waals surface area contributed by atoms with Gasteiger partial charge < -0.3 is 19.7 Å². The van der Waals surface area contributed by atoms with Crippen LogP contribution in [0.5, 0.6) is 5.88 Å². The molecular weight excluding hydrogens is 439 g/mol. The summed E-state index contributed by atoms with van der Waals surface area (Å²) in [5, 5.41) is 8.74. The SMILES string of the molecule is CSc1nc2nc(C)cc(OCC3CN(C(=S)NCc4ccccc4F)CCO3)n2n1. The fraction of sp³-hybridized carbons (Fsp3) is 0.400. The Labute approximate surface area is 189 Å². The lowest BCUT2D eigenvalue weighted by atomic mass is 10.2. The van der Waals surface area contributed by atoms with Crippen LogP contribution in [0, 0.1) is 12.7 Å². The predicted octanol–water partition coefficient (Wildman–Crippen LogP) is 2.45. The highest BCUT2D eigenvalue weighted by molar-refractivity contribution is 7.98. The van der Waals surface area contributed by atoms with Gasteiger partial charge in [-0.3, -0.25) is 0 Å². The third-order valence-electron chi connectivity index (χ3n) is 4.80. The summed E-state index contributed by atoms with van der Waals surface area (Å²) in [6.07, 6.45) is 1.74. The number of hydrogen-bond acceptors (Lipinski definition) is 7. The van der Waals surface area contributed by atoms with Crippen molar-refractivity contribution >= 4 is 34.9 Å². The average Bonchev–Trinajstić information content (AvgIpc) is 3.20. The van der Waals surface area contributed by atoms with Crippen molar-refractivity contribution in [3.63, 3.8) is 0 Å². The van der Waals surface area contributed by atoms with Crippen molar-refractivity contribution < 1.29 is 13.9 Å². The molecule has 0 saturated carbocycles. The maximum atomic E-state index is 13.8. The van der Waals surface area contributed by atoms with Crippen LogP contribution in [-0.2, 0) is 11.3 Å². The lowest BCUT2D eigenvalue weighted by molar-refractivity contribution is -0.0299. The van der Waals surface area contributed by atoms with Crippen LogP contribution in [0.15, 0.2) is 35.5 Å². The number of aryl methyl sites for hydroxylation is 1. The fourth-order valence-corrected chi connectivity index (χ4v) is 3.81. The molecule has 1 unspecified atom stereocenters. The number of thioether (sulfide) groups is 1. The van der Waals surface area contributed by atoms with Gasteiger partial charge in [0.25, 0.3) is 5.78 Å². The van der Waals surface area contributed by atoms with E-state index in [1.807, 2.05) is 24.1 Å². The Bertz CT molecular complexity index is 1080. The first-order valence-electron chi connectivity index (χ1n) is 9.82. The van der Waals surface area contributed by atoms with Gasteiger partial charge in [-0.05, 0) is 31.5 Å². The van der Waals surface area contributed by atoms with Gasteiger partial charge >= 0.3 is 0 Å². The molecule has 31 heavy (non-hydrogen) atoms. The number of hydrogen-bond donors (Lipinski definition) is 1. The van der Waals surface area contributed by atoms with Crippen LogP contribution in [0.3, 0.4) is 0 Å². The molecule has 0 radical (unpaired) electrons. The molecule has 0 aliphatic carbocycles. The summed E-state index contributed by atoms with van der Waals surface area (Å²) < 4.78 is 27.3. The third kappa shape index (κ3) is 5.23. The van der Waals surface area contributed by atoms with Gasteiger partial charge in [-0.25, -0.2) is 9.37 Å². The minimum Gasteiger partial charge on any atom is -0.475 e. The summed E-state index contributed by atoms with van der Waals surface area (Å²) in [5.74, 6) is 0.822. The van der Waals surface area contributed by atoms with E-state index in [4.69, 9.17) is 21.7 Å². The van der Waals surface area contributed by atoms with Gasteiger partial charge in [0.05, 0.1) is 6.61 Å². The largest absolute Gasteiger partial charge is 0.475 e. The molecular formula is C20H23FN6O2S2. The van der Waals surface area contributed by atoms with Crippen molar-refractivity contribution in [2.24, 2.45) is 0 Å². The standard InChI is InChI=1S/C20H23FN6O2S2/c1-13-9-17(27-18(23-13)24-19(25-27)31-2)29-12-15-11-26(7-8-28-15)20(30)22-10-14-5-3-4-6-16(14)21/h3-6,9,15H,7-8,10-12H2,1-2H3,(H,22,30). The zero-order chi connectivity index (χ0) is 21.8. The van der Waals surface area contributed by atoms with E-state index in [2.05, 4.69) is 20.4 Å². The number of nitrogens with one attached hydrogen (secondary N) is 1. The van der Waals surface area contributed by atoms with Crippen LogP contribution in [0.4, 0.5) is 4.39 Å². The summed E-state index contributed by atoms with van der Waals surface area (Å²) in [5.41, 5.74) is 1.37. The van der Waals surface area contributed by atoms with E-state index in [1.165, 1.54) is 17.8 Å². The molecule has 1 aliphatic rings. The minimum atomic E-state index is -0.247. The number of benzene rings is 1. The van der Waals surface area contributed by atoms with E-state index in [9.17, 15) is 4.39 Å². The van der Waals surface area contributed by atoms with Crippen molar-refractivity contribution in [3.05, 3.63) is 47.4 Å². The second-order valence-electron chi connectivity index (χ2n) is 7.05. The second-order valence-corrected chi connectivity index (χ2v) is 8.21. The zero-order valence-corrected chi connectivity index (χ0v) is 18.9. The number of nitrogens with zero attached hydrogens (tertiary/aromatic N) is 5. The molecule has 2 aromatic heterocycles. The molecule has 1 saturated heterocycles. The molecule has 1 atom stereocenters. The van der Waals surface area contributed by atoms with Gasteiger partial charge in [0.2, 0.25) is 11.0 Å². The first-order valence-corrected chi connectivity index (χ1v) is 11.5. The Morgan fingerprint density at radius 1 is 1.39 bits per heavy atom. The van der Waals surface area contributed by atoms with E-state index < -0.39 is 0 Å². The van der Waals surface area contributed by atoms with Gasteiger partial charge in [-0.2, -0.15) is 9.50 Å². The van der Waals surface area contributed by atoms with Gasteiger partial charge in [-0.15, -0.1) is 5.10 Å². The number of morpholine rings is 1. The zero-order valence-electron chi connectivity index (χ0n) is 17.2. The number of aromatic nitrogens is 4. The summed E-state index contributed by atoms with van der Waals surface area (Å²) in [6.45, 7) is 4.32. The quantitative estimate of drug-likeness (QED) is 0.439.